The van der Waals surface area contributed by atoms with Crippen LogP contribution >= 0.6 is 0 Å². The Balaban J connectivity index is 1.37. The van der Waals surface area contributed by atoms with Crippen LogP contribution in [0.3, 0.4) is 0 Å². The molecule has 0 aliphatic carbocycles. The highest BCUT2D eigenvalue weighted by molar-refractivity contribution is 5.84. The molecule has 0 radical (unpaired) electrons. The fourth-order valence-electron chi connectivity index (χ4n) is 5.63. The molecule has 0 spiro atoms. The number of anilines is 1. The Morgan fingerprint density at radius 3 is 2.72 bits per heavy atom. The first-order chi connectivity index (χ1) is 18.6. The van der Waals surface area contributed by atoms with Crippen LogP contribution in [0.4, 0.5) is 15.0 Å². The Hall–Kier alpha value is -3.47. The van der Waals surface area contributed by atoms with Gasteiger partial charge in [0.25, 0.3) is 0 Å². The van der Waals surface area contributed by atoms with Crippen molar-refractivity contribution in [2.75, 3.05) is 25.9 Å². The van der Waals surface area contributed by atoms with Crippen molar-refractivity contribution in [1.82, 2.24) is 20.1 Å². The lowest BCUT2D eigenvalue weighted by molar-refractivity contribution is -0.0467. The van der Waals surface area contributed by atoms with Crippen molar-refractivity contribution in [2.45, 2.75) is 83.3 Å². The van der Waals surface area contributed by atoms with Crippen molar-refractivity contribution in [3.63, 3.8) is 0 Å². The van der Waals surface area contributed by atoms with Gasteiger partial charge in [-0.1, -0.05) is 0 Å². The van der Waals surface area contributed by atoms with E-state index in [0.717, 1.165) is 12.8 Å². The summed E-state index contributed by atoms with van der Waals surface area (Å²) in [6, 6.07) is 6.21. The predicted octanol–water partition coefficient (Wildman–Crippen LogP) is 5.28. The molecule has 1 amide bonds. The van der Waals surface area contributed by atoms with E-state index in [2.05, 4.69) is 15.2 Å². The third kappa shape index (κ3) is 5.50. The number of amides is 1. The van der Waals surface area contributed by atoms with E-state index < -0.39 is 29.9 Å². The van der Waals surface area contributed by atoms with Gasteiger partial charge < -0.3 is 23.5 Å². The van der Waals surface area contributed by atoms with E-state index in [1.807, 2.05) is 50.9 Å². The van der Waals surface area contributed by atoms with Gasteiger partial charge in [0.1, 0.15) is 23.0 Å². The van der Waals surface area contributed by atoms with Crippen LogP contribution in [0.5, 0.6) is 5.75 Å². The lowest BCUT2D eigenvalue weighted by Gasteiger charge is -2.52. The minimum absolute atomic E-state index is 0.0613. The van der Waals surface area contributed by atoms with Crippen LogP contribution in [0, 0.1) is 6.92 Å². The molecule has 4 atom stereocenters. The SMILES string of the molecule is COCOc1cc2nc(C)oc2cc1-c1ccc(N(C)[C@@H]2C[C@H]3CCC[C@@H]([C@@H]2F)N3C(=O)OC(C)(C)C)nn1. The number of aromatic nitrogens is 3. The number of rotatable bonds is 6. The highest BCUT2D eigenvalue weighted by Gasteiger charge is 2.50. The third-order valence-electron chi connectivity index (χ3n) is 7.36. The number of carbonyl (C=O) groups is 1. The second-order valence-corrected chi connectivity index (χ2v) is 11.3. The largest absolute Gasteiger partial charge is 0.467 e. The Labute approximate surface area is 227 Å². The first-order valence-electron chi connectivity index (χ1n) is 13.3. The van der Waals surface area contributed by atoms with Crippen LogP contribution in [0.25, 0.3) is 22.4 Å². The van der Waals surface area contributed by atoms with E-state index in [1.54, 1.807) is 25.0 Å². The Bertz CT molecular complexity index is 1320. The number of oxazole rings is 1. The van der Waals surface area contributed by atoms with Crippen molar-refractivity contribution in [2.24, 2.45) is 0 Å². The number of hydrogen-bond acceptors (Lipinski definition) is 9. The first kappa shape index (κ1) is 27.1. The number of piperidine rings is 2. The molecule has 2 aromatic heterocycles. The lowest BCUT2D eigenvalue weighted by atomic mass is 9.80. The predicted molar refractivity (Wildman–Crippen MR) is 143 cm³/mol. The zero-order valence-electron chi connectivity index (χ0n) is 23.3. The monoisotopic (exact) mass is 541 g/mol. The quantitative estimate of drug-likeness (QED) is 0.386. The van der Waals surface area contributed by atoms with Crippen LogP contribution in [0.15, 0.2) is 28.7 Å². The summed E-state index contributed by atoms with van der Waals surface area (Å²) in [6.07, 6.45) is 1.14. The Morgan fingerprint density at radius 2 is 2.03 bits per heavy atom. The highest BCUT2D eigenvalue weighted by atomic mass is 19.1. The number of alkyl halides is 1. The number of fused-ring (bicyclic) bond motifs is 3. The number of ether oxygens (including phenoxy) is 3. The number of aryl methyl sites for hydroxylation is 1. The maximum absolute atomic E-state index is 16.0. The highest BCUT2D eigenvalue weighted by Crippen LogP contribution is 2.40. The lowest BCUT2D eigenvalue weighted by Crippen LogP contribution is -2.65. The molecule has 2 fully saturated rings. The van der Waals surface area contributed by atoms with Gasteiger partial charge in [-0.3, -0.25) is 4.90 Å². The average Bonchev–Trinajstić information content (AvgIpc) is 3.26. The van der Waals surface area contributed by atoms with Crippen molar-refractivity contribution in [1.29, 1.82) is 0 Å². The molecule has 2 aliphatic heterocycles. The van der Waals surface area contributed by atoms with E-state index in [0.29, 0.717) is 52.7 Å². The van der Waals surface area contributed by atoms with Gasteiger partial charge in [0, 0.05) is 38.8 Å². The first-order valence-corrected chi connectivity index (χ1v) is 13.3. The summed E-state index contributed by atoms with van der Waals surface area (Å²) in [5.41, 5.74) is 1.90. The molecule has 1 aromatic carbocycles. The normalized spacial score (nSPS) is 23.1. The summed E-state index contributed by atoms with van der Waals surface area (Å²) >= 11 is 0. The van der Waals surface area contributed by atoms with Gasteiger partial charge >= 0.3 is 6.09 Å². The number of hydrogen-bond donors (Lipinski definition) is 0. The molecule has 210 valence electrons. The fourth-order valence-corrected chi connectivity index (χ4v) is 5.63. The van der Waals surface area contributed by atoms with E-state index in [9.17, 15) is 4.79 Å². The van der Waals surface area contributed by atoms with E-state index in [4.69, 9.17) is 18.6 Å². The maximum Gasteiger partial charge on any atom is 0.410 e. The number of carbonyl (C=O) groups excluding carboxylic acids is 1. The standard InChI is InChI=1S/C28H36FN5O5/c1-16-30-20-14-23(37-15-36-6)18(13-24(20)38-16)19-10-11-25(32-31-19)33(5)22-12-17-8-7-9-21(26(22)29)34(17)27(35)39-28(2,3)4/h10-11,13-14,17,21-22,26H,7-9,12,15H2,1-6H3/t17-,21+,22-,26+/m1/s1. The van der Waals surface area contributed by atoms with Gasteiger partial charge in [-0.15, -0.1) is 10.2 Å². The van der Waals surface area contributed by atoms with E-state index in [-0.39, 0.29) is 12.8 Å². The van der Waals surface area contributed by atoms with Crippen LogP contribution in [0.1, 0.15) is 52.3 Å². The Morgan fingerprint density at radius 1 is 1.23 bits per heavy atom. The van der Waals surface area contributed by atoms with Crippen LogP contribution < -0.4 is 9.64 Å². The van der Waals surface area contributed by atoms with Crippen LogP contribution in [-0.2, 0) is 9.47 Å². The molecular formula is C28H36FN5O5. The van der Waals surface area contributed by atoms with Gasteiger partial charge in [-0.05, 0) is 64.7 Å². The second-order valence-electron chi connectivity index (χ2n) is 11.3. The van der Waals surface area contributed by atoms with Gasteiger partial charge in [0.15, 0.2) is 24.1 Å². The zero-order valence-corrected chi connectivity index (χ0v) is 23.3. The van der Waals surface area contributed by atoms with Crippen molar-refractivity contribution < 1.29 is 27.8 Å². The van der Waals surface area contributed by atoms with Gasteiger partial charge in [-0.2, -0.15) is 0 Å². The average molecular weight is 542 g/mol. The molecule has 4 heterocycles. The Kier molecular flexibility index (Phi) is 7.37. The number of nitrogens with zero attached hydrogens (tertiary/aromatic N) is 5. The molecule has 39 heavy (non-hydrogen) atoms. The molecular weight excluding hydrogens is 505 g/mol. The van der Waals surface area contributed by atoms with Crippen molar-refractivity contribution in [3.8, 4) is 17.0 Å². The molecule has 3 aromatic rings. The third-order valence-corrected chi connectivity index (χ3v) is 7.36. The number of halogens is 1. The smallest absolute Gasteiger partial charge is 0.410 e. The van der Waals surface area contributed by atoms with E-state index >= 15 is 4.39 Å². The van der Waals surface area contributed by atoms with Crippen LogP contribution in [-0.4, -0.2) is 77.0 Å². The van der Waals surface area contributed by atoms with Crippen LogP contribution in [0.2, 0.25) is 0 Å². The topological polar surface area (TPSA) is 103 Å². The van der Waals surface area contributed by atoms with Crippen molar-refractivity contribution in [3.05, 3.63) is 30.2 Å². The summed E-state index contributed by atoms with van der Waals surface area (Å²) < 4.78 is 38.1. The van der Waals surface area contributed by atoms with Gasteiger partial charge in [0.2, 0.25) is 0 Å². The minimum atomic E-state index is -1.24. The zero-order chi connectivity index (χ0) is 27.9. The maximum atomic E-state index is 16.0. The molecule has 11 heteroatoms. The minimum Gasteiger partial charge on any atom is -0.467 e. The molecule has 0 N–H and O–H groups in total. The number of benzene rings is 1. The molecule has 5 rings (SSSR count). The van der Waals surface area contributed by atoms with Crippen molar-refractivity contribution >= 4 is 23.0 Å². The summed E-state index contributed by atoms with van der Waals surface area (Å²) in [5, 5.41) is 8.89. The molecule has 10 nitrogen and oxygen atoms in total. The molecule has 0 unspecified atom stereocenters. The van der Waals surface area contributed by atoms with Gasteiger partial charge in [-0.25, -0.2) is 14.2 Å². The summed E-state index contributed by atoms with van der Waals surface area (Å²) in [4.78, 5) is 20.8. The summed E-state index contributed by atoms with van der Waals surface area (Å²) in [7, 11) is 3.38. The van der Waals surface area contributed by atoms with E-state index in [1.165, 1.54) is 0 Å². The summed E-state index contributed by atoms with van der Waals surface area (Å²) in [6.45, 7) is 7.32. The fraction of sp³-hybridized carbons (Fsp3) is 0.571. The molecule has 0 saturated carbocycles. The second kappa shape index (κ2) is 10.6. The summed E-state index contributed by atoms with van der Waals surface area (Å²) in [5.74, 6) is 1.64. The molecule has 2 aliphatic rings. The molecule has 2 saturated heterocycles. The van der Waals surface area contributed by atoms with Gasteiger partial charge in [0.05, 0.1) is 17.8 Å². The number of methoxy groups -OCH3 is 1. The molecule has 2 bridgehead atoms.